The van der Waals surface area contributed by atoms with Crippen LogP contribution >= 0.6 is 0 Å². The lowest BCUT2D eigenvalue weighted by molar-refractivity contribution is -0.157. The second-order valence-electron chi connectivity index (χ2n) is 9.13. The Bertz CT molecular complexity index is 997. The topological polar surface area (TPSA) is 95.9 Å². The Labute approximate surface area is 187 Å². The Morgan fingerprint density at radius 3 is 2.16 bits per heavy atom. The molecule has 7 heteroatoms. The monoisotopic (exact) mass is 436 g/mol. The smallest absolute Gasteiger partial charge is 0.407 e. The van der Waals surface area contributed by atoms with E-state index in [1.54, 1.807) is 4.90 Å². The average molecular weight is 437 g/mol. The fraction of sp³-hybridized carbons (Fsp3) is 0.400. The molecule has 32 heavy (non-hydrogen) atoms. The number of aliphatic carboxylic acids is 1. The van der Waals surface area contributed by atoms with Gasteiger partial charge in [-0.1, -0.05) is 62.4 Å². The van der Waals surface area contributed by atoms with Gasteiger partial charge in [0, 0.05) is 31.0 Å². The first-order chi connectivity index (χ1) is 15.3. The number of fused-ring (bicyclic) bond motifs is 3. The Hall–Kier alpha value is -3.35. The van der Waals surface area contributed by atoms with Gasteiger partial charge in [-0.3, -0.25) is 9.59 Å². The van der Waals surface area contributed by atoms with E-state index < -0.39 is 23.4 Å². The van der Waals surface area contributed by atoms with Crippen molar-refractivity contribution in [1.29, 1.82) is 0 Å². The Balaban J connectivity index is 1.26. The van der Waals surface area contributed by atoms with Crippen molar-refractivity contribution in [3.63, 3.8) is 0 Å². The number of likely N-dealkylation sites (tertiary alicyclic amines) is 1. The lowest BCUT2D eigenvalue weighted by Crippen LogP contribution is -2.56. The number of carboxylic acid groups (broad SMARTS) is 1. The third kappa shape index (κ3) is 4.20. The van der Waals surface area contributed by atoms with Crippen molar-refractivity contribution in [2.75, 3.05) is 26.2 Å². The number of nitrogens with one attached hydrogen (secondary N) is 1. The number of nitrogens with zero attached hydrogens (tertiary/aromatic N) is 1. The van der Waals surface area contributed by atoms with Crippen molar-refractivity contribution >= 4 is 18.0 Å². The zero-order valence-electron chi connectivity index (χ0n) is 18.3. The molecule has 2 N–H and O–H groups in total. The summed E-state index contributed by atoms with van der Waals surface area (Å²) in [5.74, 6) is -1.44. The third-order valence-corrected chi connectivity index (χ3v) is 6.46. The van der Waals surface area contributed by atoms with E-state index in [0.29, 0.717) is 13.0 Å². The van der Waals surface area contributed by atoms with Crippen molar-refractivity contribution in [2.24, 2.45) is 11.3 Å². The van der Waals surface area contributed by atoms with Gasteiger partial charge in [0.15, 0.2) is 0 Å². The first kappa shape index (κ1) is 21.9. The second kappa shape index (κ2) is 8.65. The highest BCUT2D eigenvalue weighted by Gasteiger charge is 2.41. The molecule has 7 nitrogen and oxygen atoms in total. The van der Waals surface area contributed by atoms with Crippen molar-refractivity contribution < 1.29 is 24.2 Å². The van der Waals surface area contributed by atoms with E-state index in [1.807, 2.05) is 38.1 Å². The number of carbonyl (C=O) groups is 3. The van der Waals surface area contributed by atoms with Crippen molar-refractivity contribution in [3.8, 4) is 11.1 Å². The van der Waals surface area contributed by atoms with Gasteiger partial charge in [0.2, 0.25) is 5.91 Å². The second-order valence-corrected chi connectivity index (χ2v) is 9.13. The zero-order chi connectivity index (χ0) is 22.9. The molecule has 2 amide bonds. The van der Waals surface area contributed by atoms with Gasteiger partial charge in [-0.05, 0) is 28.7 Å². The SMILES string of the molecule is CC(C)(CCNC(=O)OCC1c2ccccc2-c2ccccc21)C(=O)N1CC(C(=O)O)C1. The van der Waals surface area contributed by atoms with E-state index in [2.05, 4.69) is 29.6 Å². The van der Waals surface area contributed by atoms with Gasteiger partial charge < -0.3 is 20.1 Å². The molecule has 4 rings (SSSR count). The van der Waals surface area contributed by atoms with E-state index in [4.69, 9.17) is 9.84 Å². The van der Waals surface area contributed by atoms with Crippen LogP contribution < -0.4 is 5.32 Å². The van der Waals surface area contributed by atoms with Crippen LogP contribution in [0.2, 0.25) is 0 Å². The number of ether oxygens (including phenoxy) is 1. The molecule has 0 bridgehead atoms. The molecule has 1 heterocycles. The van der Waals surface area contributed by atoms with Crippen LogP contribution in [0.15, 0.2) is 48.5 Å². The molecule has 0 unspecified atom stereocenters. The molecule has 1 aliphatic carbocycles. The molecule has 0 spiro atoms. The van der Waals surface area contributed by atoms with E-state index in [-0.39, 0.29) is 31.5 Å². The van der Waals surface area contributed by atoms with Gasteiger partial charge in [-0.15, -0.1) is 0 Å². The minimum atomic E-state index is -0.872. The van der Waals surface area contributed by atoms with Crippen molar-refractivity contribution in [1.82, 2.24) is 10.2 Å². The highest BCUT2D eigenvalue weighted by molar-refractivity contribution is 5.85. The number of rotatable bonds is 7. The average Bonchev–Trinajstić information content (AvgIpc) is 3.04. The molecule has 0 saturated carbocycles. The third-order valence-electron chi connectivity index (χ3n) is 6.46. The number of carboxylic acids is 1. The molecular weight excluding hydrogens is 408 g/mol. The molecule has 0 atom stereocenters. The predicted molar refractivity (Wildman–Crippen MR) is 119 cm³/mol. The Kier molecular flexibility index (Phi) is 5.91. The largest absolute Gasteiger partial charge is 0.481 e. The van der Waals surface area contributed by atoms with Gasteiger partial charge in [0.25, 0.3) is 0 Å². The minimum absolute atomic E-state index is 0.000216. The van der Waals surface area contributed by atoms with Crippen LogP contribution in [0, 0.1) is 11.3 Å². The number of alkyl carbamates (subject to hydrolysis) is 1. The summed E-state index contributed by atoms with van der Waals surface area (Å²) in [6.45, 7) is 4.65. The minimum Gasteiger partial charge on any atom is -0.481 e. The number of hydrogen-bond donors (Lipinski definition) is 2. The zero-order valence-corrected chi connectivity index (χ0v) is 18.3. The molecule has 0 aromatic heterocycles. The van der Waals surface area contributed by atoms with Crippen LogP contribution in [0.25, 0.3) is 11.1 Å². The quantitative estimate of drug-likeness (QED) is 0.693. The highest BCUT2D eigenvalue weighted by Crippen LogP contribution is 2.44. The van der Waals surface area contributed by atoms with Crippen LogP contribution in [-0.4, -0.2) is 54.2 Å². The fourth-order valence-electron chi connectivity index (χ4n) is 4.46. The van der Waals surface area contributed by atoms with Crippen molar-refractivity contribution in [2.45, 2.75) is 26.2 Å². The normalized spacial score (nSPS) is 15.5. The summed E-state index contributed by atoms with van der Waals surface area (Å²) >= 11 is 0. The van der Waals surface area contributed by atoms with Gasteiger partial charge in [-0.25, -0.2) is 4.79 Å². The molecule has 1 aliphatic heterocycles. The van der Waals surface area contributed by atoms with Crippen LogP contribution in [-0.2, 0) is 14.3 Å². The van der Waals surface area contributed by atoms with E-state index in [0.717, 1.165) is 11.1 Å². The molecule has 1 saturated heterocycles. The maximum absolute atomic E-state index is 12.6. The lowest BCUT2D eigenvalue weighted by atomic mass is 9.85. The highest BCUT2D eigenvalue weighted by atomic mass is 16.5. The number of hydrogen-bond acceptors (Lipinski definition) is 4. The summed E-state index contributed by atoms with van der Waals surface area (Å²) in [7, 11) is 0. The van der Waals surface area contributed by atoms with E-state index >= 15 is 0 Å². The summed E-state index contributed by atoms with van der Waals surface area (Å²) in [6, 6.07) is 16.3. The summed E-state index contributed by atoms with van der Waals surface area (Å²) < 4.78 is 5.52. The summed E-state index contributed by atoms with van der Waals surface area (Å²) in [5, 5.41) is 11.7. The van der Waals surface area contributed by atoms with E-state index in [1.165, 1.54) is 11.1 Å². The number of benzene rings is 2. The van der Waals surface area contributed by atoms with Crippen LogP contribution in [0.5, 0.6) is 0 Å². The number of carbonyl (C=O) groups excluding carboxylic acids is 2. The van der Waals surface area contributed by atoms with Gasteiger partial charge in [0.05, 0.1) is 5.92 Å². The summed E-state index contributed by atoms with van der Waals surface area (Å²) in [4.78, 5) is 37.4. The van der Waals surface area contributed by atoms with Gasteiger partial charge in [-0.2, -0.15) is 0 Å². The summed E-state index contributed by atoms with van der Waals surface area (Å²) in [6.07, 6.45) is -0.0745. The molecule has 168 valence electrons. The molecule has 1 fully saturated rings. The van der Waals surface area contributed by atoms with Crippen LogP contribution in [0.1, 0.15) is 37.3 Å². The summed E-state index contributed by atoms with van der Waals surface area (Å²) in [5.41, 5.74) is 3.96. The lowest BCUT2D eigenvalue weighted by Gasteiger charge is -2.41. The molecule has 2 aromatic carbocycles. The molecule has 2 aliphatic rings. The standard InChI is InChI=1S/C25H28N2O5/c1-25(2,23(30)27-13-16(14-27)22(28)29)11-12-26-24(31)32-15-21-19-9-5-3-7-17(19)18-8-4-6-10-20(18)21/h3-10,16,21H,11-15H2,1-2H3,(H,26,31)(H,28,29). The van der Waals surface area contributed by atoms with Crippen LogP contribution in [0.3, 0.4) is 0 Å². The maximum Gasteiger partial charge on any atom is 0.407 e. The molecule has 0 radical (unpaired) electrons. The number of amides is 2. The molecular formula is C25H28N2O5. The fourth-order valence-corrected chi connectivity index (χ4v) is 4.46. The van der Waals surface area contributed by atoms with Crippen LogP contribution in [0.4, 0.5) is 4.79 Å². The first-order valence-corrected chi connectivity index (χ1v) is 10.9. The van der Waals surface area contributed by atoms with Crippen molar-refractivity contribution in [3.05, 3.63) is 59.7 Å². The Morgan fingerprint density at radius 1 is 1.03 bits per heavy atom. The first-order valence-electron chi connectivity index (χ1n) is 10.9. The van der Waals surface area contributed by atoms with E-state index in [9.17, 15) is 14.4 Å². The molecule has 2 aromatic rings. The van der Waals surface area contributed by atoms with Gasteiger partial charge >= 0.3 is 12.1 Å². The van der Waals surface area contributed by atoms with Gasteiger partial charge in [0.1, 0.15) is 6.61 Å². The Morgan fingerprint density at radius 2 is 1.59 bits per heavy atom. The maximum atomic E-state index is 12.6. The predicted octanol–water partition coefficient (Wildman–Crippen LogP) is 3.48.